The molecule has 3 aromatic heterocycles. The minimum Gasteiger partial charge on any atom is -0.288 e. The molecule has 0 fully saturated rings. The van der Waals surface area contributed by atoms with Crippen molar-refractivity contribution in [2.24, 2.45) is 0 Å². The summed E-state index contributed by atoms with van der Waals surface area (Å²) in [5.41, 5.74) is 4.25. The van der Waals surface area contributed by atoms with E-state index in [0.29, 0.717) is 0 Å². The van der Waals surface area contributed by atoms with Gasteiger partial charge in [0.25, 0.3) is 0 Å². The first-order valence-electron chi connectivity index (χ1n) is 7.42. The molecule has 0 amide bonds. The van der Waals surface area contributed by atoms with Gasteiger partial charge in [-0.2, -0.15) is 0 Å². The van der Waals surface area contributed by atoms with E-state index in [1.54, 1.807) is 11.3 Å². The summed E-state index contributed by atoms with van der Waals surface area (Å²) in [5, 5.41) is 1.13. The zero-order chi connectivity index (χ0) is 16.1. The molecule has 114 valence electrons. The molecule has 0 aliphatic carbocycles. The lowest BCUT2D eigenvalue weighted by molar-refractivity contribution is 0.920. The van der Waals surface area contributed by atoms with Gasteiger partial charge in [-0.05, 0) is 44.5 Å². The molecule has 0 spiro atoms. The molecule has 0 saturated heterocycles. The zero-order valence-corrected chi connectivity index (χ0v) is 14.8. The van der Waals surface area contributed by atoms with Gasteiger partial charge in [0.1, 0.15) is 15.3 Å². The molecule has 0 aliphatic heterocycles. The van der Waals surface area contributed by atoms with Crippen molar-refractivity contribution in [2.45, 2.75) is 20.8 Å². The standard InChI is InChI=1S/C18H15N3S2/c1-10-9-11(2)19-17-14(10)15-16(23-17)18(22)21(12(3)20-15)13-7-5-4-6-8-13/h4-9H,1-3H3. The van der Waals surface area contributed by atoms with E-state index in [0.717, 1.165) is 42.3 Å². The summed E-state index contributed by atoms with van der Waals surface area (Å²) in [6, 6.07) is 12.2. The fraction of sp³-hybridized carbons (Fsp3) is 0.167. The van der Waals surface area contributed by atoms with Crippen LogP contribution in [0.2, 0.25) is 0 Å². The number of aryl methyl sites for hydroxylation is 3. The number of nitrogens with zero attached hydrogens (tertiary/aromatic N) is 3. The Morgan fingerprint density at radius 1 is 1.04 bits per heavy atom. The highest BCUT2D eigenvalue weighted by Gasteiger charge is 2.15. The van der Waals surface area contributed by atoms with Crippen LogP contribution < -0.4 is 0 Å². The van der Waals surface area contributed by atoms with E-state index in [9.17, 15) is 0 Å². The molecule has 3 nitrogen and oxygen atoms in total. The average molecular weight is 337 g/mol. The summed E-state index contributed by atoms with van der Waals surface area (Å²) < 4.78 is 3.87. The van der Waals surface area contributed by atoms with Gasteiger partial charge in [-0.3, -0.25) is 4.57 Å². The van der Waals surface area contributed by atoms with Gasteiger partial charge in [-0.25, -0.2) is 9.97 Å². The Bertz CT molecular complexity index is 1110. The van der Waals surface area contributed by atoms with Crippen molar-refractivity contribution in [1.82, 2.24) is 14.5 Å². The third-order valence-corrected chi connectivity index (χ3v) is 5.57. The average Bonchev–Trinajstić information content (AvgIpc) is 2.87. The minimum absolute atomic E-state index is 0.804. The number of fused-ring (bicyclic) bond motifs is 3. The summed E-state index contributed by atoms with van der Waals surface area (Å²) in [4.78, 5) is 10.5. The van der Waals surface area contributed by atoms with Crippen LogP contribution in [0.1, 0.15) is 17.1 Å². The van der Waals surface area contributed by atoms with E-state index in [2.05, 4.69) is 30.1 Å². The molecule has 3 heterocycles. The maximum absolute atomic E-state index is 5.79. The molecule has 4 aromatic rings. The first-order valence-corrected chi connectivity index (χ1v) is 8.64. The Morgan fingerprint density at radius 3 is 2.52 bits per heavy atom. The van der Waals surface area contributed by atoms with Crippen molar-refractivity contribution in [3.63, 3.8) is 0 Å². The molecule has 5 heteroatoms. The van der Waals surface area contributed by atoms with E-state index in [4.69, 9.17) is 17.2 Å². The summed E-state index contributed by atoms with van der Waals surface area (Å²) in [6.07, 6.45) is 0. The van der Waals surface area contributed by atoms with Gasteiger partial charge in [0.2, 0.25) is 0 Å². The van der Waals surface area contributed by atoms with E-state index in [1.807, 2.05) is 36.6 Å². The van der Waals surface area contributed by atoms with Crippen molar-refractivity contribution in [3.8, 4) is 5.69 Å². The third kappa shape index (κ3) is 2.19. The second kappa shape index (κ2) is 5.22. The molecule has 0 N–H and O–H groups in total. The van der Waals surface area contributed by atoms with Gasteiger partial charge in [0.15, 0.2) is 0 Å². The lowest BCUT2D eigenvalue weighted by Gasteiger charge is -2.11. The van der Waals surface area contributed by atoms with Crippen LogP contribution in [-0.2, 0) is 0 Å². The van der Waals surface area contributed by atoms with Crippen LogP contribution in [-0.4, -0.2) is 14.5 Å². The van der Waals surface area contributed by atoms with Crippen LogP contribution in [0.4, 0.5) is 0 Å². The van der Waals surface area contributed by atoms with Crippen molar-refractivity contribution < 1.29 is 0 Å². The van der Waals surface area contributed by atoms with Gasteiger partial charge in [0, 0.05) is 16.8 Å². The Hall–Kier alpha value is -2.11. The maximum Gasteiger partial charge on any atom is 0.131 e. The molecule has 0 radical (unpaired) electrons. The second-order valence-electron chi connectivity index (χ2n) is 5.68. The van der Waals surface area contributed by atoms with Gasteiger partial charge in [-0.1, -0.05) is 30.4 Å². The second-order valence-corrected chi connectivity index (χ2v) is 7.06. The van der Waals surface area contributed by atoms with Crippen LogP contribution in [0.3, 0.4) is 0 Å². The van der Waals surface area contributed by atoms with Gasteiger partial charge >= 0.3 is 0 Å². The molecule has 4 rings (SSSR count). The Kier molecular flexibility index (Phi) is 3.28. The van der Waals surface area contributed by atoms with Crippen molar-refractivity contribution >= 4 is 44.0 Å². The Balaban J connectivity index is 2.16. The zero-order valence-electron chi connectivity index (χ0n) is 13.1. The Labute approximate surface area is 143 Å². The normalized spacial score (nSPS) is 11.4. The molecule has 0 bridgehead atoms. The fourth-order valence-corrected chi connectivity index (χ4v) is 4.64. The van der Waals surface area contributed by atoms with E-state index in [-0.39, 0.29) is 0 Å². The maximum atomic E-state index is 5.79. The predicted molar refractivity (Wildman–Crippen MR) is 99.3 cm³/mol. The SMILES string of the molecule is Cc1cc(C)c2c(n1)sc1c(=S)n(-c3ccccc3)c(C)nc12. The first-order chi connectivity index (χ1) is 11.1. The van der Waals surface area contributed by atoms with Crippen molar-refractivity contribution in [1.29, 1.82) is 0 Å². The fourth-order valence-electron chi connectivity index (χ4n) is 3.02. The van der Waals surface area contributed by atoms with Crippen LogP contribution in [0.15, 0.2) is 36.4 Å². The molecule has 23 heavy (non-hydrogen) atoms. The number of hydrogen-bond acceptors (Lipinski definition) is 4. The number of aromatic nitrogens is 3. The van der Waals surface area contributed by atoms with E-state index in [1.165, 1.54) is 5.56 Å². The highest BCUT2D eigenvalue weighted by Crippen LogP contribution is 2.35. The van der Waals surface area contributed by atoms with Crippen LogP contribution in [0, 0.1) is 25.4 Å². The molecule has 0 saturated carbocycles. The lowest BCUT2D eigenvalue weighted by atomic mass is 10.1. The minimum atomic E-state index is 0.804. The third-order valence-electron chi connectivity index (χ3n) is 3.97. The lowest BCUT2D eigenvalue weighted by Crippen LogP contribution is -2.04. The molecular weight excluding hydrogens is 322 g/mol. The van der Waals surface area contributed by atoms with Crippen molar-refractivity contribution in [3.05, 3.63) is 58.1 Å². The van der Waals surface area contributed by atoms with Crippen molar-refractivity contribution in [2.75, 3.05) is 0 Å². The molecule has 1 aromatic carbocycles. The predicted octanol–water partition coefficient (Wildman–Crippen LogP) is 5.29. The summed E-state index contributed by atoms with van der Waals surface area (Å²) in [7, 11) is 0. The number of para-hydroxylation sites is 1. The molecule has 0 atom stereocenters. The van der Waals surface area contributed by atoms with E-state index < -0.39 is 0 Å². The highest BCUT2D eigenvalue weighted by atomic mass is 32.1. The molecule has 0 aliphatic rings. The largest absolute Gasteiger partial charge is 0.288 e. The topological polar surface area (TPSA) is 30.7 Å². The molecule has 0 unspecified atom stereocenters. The van der Waals surface area contributed by atoms with Crippen LogP contribution in [0.5, 0.6) is 0 Å². The van der Waals surface area contributed by atoms with Crippen LogP contribution >= 0.6 is 23.6 Å². The number of rotatable bonds is 1. The highest BCUT2D eigenvalue weighted by molar-refractivity contribution is 7.72. The van der Waals surface area contributed by atoms with Gasteiger partial charge in [-0.15, -0.1) is 11.3 Å². The summed E-state index contributed by atoms with van der Waals surface area (Å²) >= 11 is 7.42. The summed E-state index contributed by atoms with van der Waals surface area (Å²) in [5.74, 6) is 0.897. The number of benzene rings is 1. The van der Waals surface area contributed by atoms with Gasteiger partial charge in [0.05, 0.1) is 10.2 Å². The van der Waals surface area contributed by atoms with Crippen LogP contribution in [0.25, 0.3) is 26.1 Å². The number of pyridine rings is 1. The Morgan fingerprint density at radius 2 is 1.78 bits per heavy atom. The number of thiophene rings is 1. The smallest absolute Gasteiger partial charge is 0.131 e. The first kappa shape index (κ1) is 14.5. The summed E-state index contributed by atoms with van der Waals surface area (Å²) in [6.45, 7) is 6.14. The monoisotopic (exact) mass is 337 g/mol. The van der Waals surface area contributed by atoms with Gasteiger partial charge < -0.3 is 0 Å². The number of hydrogen-bond donors (Lipinski definition) is 0. The molecular formula is C18H15N3S2. The quantitative estimate of drug-likeness (QED) is 0.442. The van der Waals surface area contributed by atoms with E-state index >= 15 is 0 Å².